The van der Waals surface area contributed by atoms with Crippen LogP contribution < -0.4 is 0 Å². The smallest absolute Gasteiger partial charge is 0.306 e. The predicted octanol–water partition coefficient (Wildman–Crippen LogP) is 3.99. The van der Waals surface area contributed by atoms with Gasteiger partial charge < -0.3 is 19.3 Å². The summed E-state index contributed by atoms with van der Waals surface area (Å²) < 4.78 is 11.4. The molecule has 0 unspecified atom stereocenters. The van der Waals surface area contributed by atoms with Gasteiger partial charge in [0.05, 0.1) is 12.8 Å². The number of piperidine rings is 2. The highest BCUT2D eigenvalue weighted by molar-refractivity contribution is 5.78. The van der Waals surface area contributed by atoms with Crippen LogP contribution in [0.2, 0.25) is 0 Å². The molecule has 0 bridgehead atoms. The van der Waals surface area contributed by atoms with Gasteiger partial charge in [-0.1, -0.05) is 0 Å². The monoisotopic (exact) mass is 480 g/mol. The average molecular weight is 481 g/mol. The van der Waals surface area contributed by atoms with Crippen LogP contribution >= 0.6 is 0 Å². The van der Waals surface area contributed by atoms with Crippen LogP contribution in [0.25, 0.3) is 0 Å². The Morgan fingerprint density at radius 3 is 1.03 bits per heavy atom. The molecule has 2 rings (SSSR count). The number of rotatable bonds is 5. The minimum absolute atomic E-state index is 0.00279. The summed E-state index contributed by atoms with van der Waals surface area (Å²) in [5, 5.41) is 0. The second kappa shape index (κ2) is 9.50. The van der Waals surface area contributed by atoms with E-state index in [4.69, 9.17) is 9.47 Å². The second-order valence-corrected chi connectivity index (χ2v) is 12.5. The van der Waals surface area contributed by atoms with Crippen LogP contribution in [0.5, 0.6) is 0 Å². The van der Waals surface area contributed by atoms with E-state index >= 15 is 0 Å². The zero-order chi connectivity index (χ0) is 26.3. The van der Waals surface area contributed by atoms with Gasteiger partial charge >= 0.3 is 11.9 Å². The molecule has 0 spiro atoms. The highest BCUT2D eigenvalue weighted by Crippen LogP contribution is 2.41. The maximum atomic E-state index is 12.5. The fourth-order valence-electron chi connectivity index (χ4n) is 6.94. The van der Waals surface area contributed by atoms with E-state index in [0.717, 1.165) is 0 Å². The summed E-state index contributed by atoms with van der Waals surface area (Å²) in [6.07, 6.45) is 1.45. The Morgan fingerprint density at radius 2 is 0.824 bits per heavy atom. The molecule has 0 aromatic carbocycles. The lowest BCUT2D eigenvalue weighted by Gasteiger charge is -2.54. The van der Waals surface area contributed by atoms with Crippen LogP contribution in [-0.4, -0.2) is 67.9 Å². The molecule has 2 heterocycles. The minimum atomic E-state index is -0.439. The topological polar surface area (TPSA) is 93.2 Å². The highest BCUT2D eigenvalue weighted by Gasteiger charge is 2.49. The molecular formula is C26H44N2O6. The molecule has 2 aliphatic heterocycles. The van der Waals surface area contributed by atoms with Crippen molar-refractivity contribution in [2.24, 2.45) is 0 Å². The van der Waals surface area contributed by atoms with Gasteiger partial charge in [0.15, 0.2) is 0 Å². The Balaban J connectivity index is 1.90. The molecule has 0 aromatic heterocycles. The molecule has 8 nitrogen and oxygen atoms in total. The van der Waals surface area contributed by atoms with Gasteiger partial charge in [0.25, 0.3) is 0 Å². The quantitative estimate of drug-likeness (QED) is 0.553. The van der Waals surface area contributed by atoms with E-state index in [0.29, 0.717) is 25.7 Å². The van der Waals surface area contributed by atoms with Crippen LogP contribution in [0.3, 0.4) is 0 Å². The number of amides is 2. The number of carbonyl (C=O) groups excluding carboxylic acids is 4. The third-order valence-electron chi connectivity index (χ3n) is 7.09. The number of likely N-dealkylation sites (tertiary alicyclic amines) is 2. The Morgan fingerprint density at radius 1 is 0.588 bits per heavy atom. The first-order chi connectivity index (χ1) is 15.3. The zero-order valence-electron chi connectivity index (χ0n) is 22.7. The van der Waals surface area contributed by atoms with Crippen molar-refractivity contribution in [3.05, 3.63) is 0 Å². The number of hydrogen-bond acceptors (Lipinski definition) is 6. The van der Waals surface area contributed by atoms with Crippen molar-refractivity contribution in [3.63, 3.8) is 0 Å². The lowest BCUT2D eigenvalue weighted by atomic mass is 9.78. The fraction of sp³-hybridized carbons (Fsp3) is 0.846. The standard InChI is InChI=1S/C26H44N2O6/c1-17(29)27-23(3,4)13-19(14-24(27,5)6)33-21(31)11-12-22(32)34-20-15-25(7,8)28(18(2)30)26(9,10)16-20/h19-20H,11-16H2,1-10H3. The van der Waals surface area contributed by atoms with E-state index in [9.17, 15) is 19.2 Å². The molecule has 194 valence electrons. The average Bonchev–Trinajstić information content (AvgIpc) is 2.53. The number of carbonyl (C=O) groups is 4. The minimum Gasteiger partial charge on any atom is -0.462 e. The van der Waals surface area contributed by atoms with E-state index in [1.807, 2.05) is 65.2 Å². The molecule has 0 aliphatic carbocycles. The molecule has 34 heavy (non-hydrogen) atoms. The third kappa shape index (κ3) is 6.30. The fourth-order valence-corrected chi connectivity index (χ4v) is 6.94. The van der Waals surface area contributed by atoms with Gasteiger partial charge in [-0.25, -0.2) is 0 Å². The van der Waals surface area contributed by atoms with Crippen LogP contribution in [0.1, 0.15) is 108 Å². The van der Waals surface area contributed by atoms with Gasteiger partial charge in [-0.05, 0) is 55.4 Å². The first-order valence-corrected chi connectivity index (χ1v) is 12.3. The summed E-state index contributed by atoms with van der Waals surface area (Å²) >= 11 is 0. The van der Waals surface area contributed by atoms with Gasteiger partial charge in [-0.2, -0.15) is 0 Å². The number of hydrogen-bond donors (Lipinski definition) is 0. The lowest BCUT2D eigenvalue weighted by molar-refractivity contribution is -0.172. The molecule has 0 atom stereocenters. The van der Waals surface area contributed by atoms with Crippen LogP contribution in [0.4, 0.5) is 0 Å². The first-order valence-electron chi connectivity index (χ1n) is 12.3. The molecule has 2 aliphatic rings. The zero-order valence-corrected chi connectivity index (χ0v) is 22.7. The van der Waals surface area contributed by atoms with Gasteiger partial charge in [-0.3, -0.25) is 19.2 Å². The molecule has 0 aromatic rings. The van der Waals surface area contributed by atoms with E-state index in [-0.39, 0.29) is 36.9 Å². The van der Waals surface area contributed by atoms with Crippen molar-refractivity contribution in [3.8, 4) is 0 Å². The van der Waals surface area contributed by atoms with Crippen molar-refractivity contribution in [2.45, 2.75) is 142 Å². The van der Waals surface area contributed by atoms with Gasteiger partial charge in [-0.15, -0.1) is 0 Å². The summed E-state index contributed by atoms with van der Waals surface area (Å²) in [6.45, 7) is 19.0. The molecular weight excluding hydrogens is 436 g/mol. The molecule has 0 N–H and O–H groups in total. The van der Waals surface area contributed by atoms with Crippen LogP contribution in [0, 0.1) is 0 Å². The summed E-state index contributed by atoms with van der Waals surface area (Å²) in [5.41, 5.74) is -1.75. The van der Waals surface area contributed by atoms with Crippen molar-refractivity contribution in [2.75, 3.05) is 0 Å². The molecule has 8 heteroatoms. The number of ether oxygens (including phenoxy) is 2. The summed E-state index contributed by atoms with van der Waals surface area (Å²) in [5.74, 6) is -0.861. The Kier molecular flexibility index (Phi) is 7.85. The van der Waals surface area contributed by atoms with E-state index < -0.39 is 34.1 Å². The summed E-state index contributed by atoms with van der Waals surface area (Å²) in [4.78, 5) is 53.1. The van der Waals surface area contributed by atoms with Crippen LogP contribution in [0.15, 0.2) is 0 Å². The van der Waals surface area contributed by atoms with E-state index in [1.165, 1.54) is 0 Å². The van der Waals surface area contributed by atoms with Crippen molar-refractivity contribution in [1.29, 1.82) is 0 Å². The first kappa shape index (κ1) is 28.1. The normalized spacial score (nSPS) is 23.8. The Hall–Kier alpha value is -2.12. The van der Waals surface area contributed by atoms with Gasteiger partial charge in [0.1, 0.15) is 12.2 Å². The van der Waals surface area contributed by atoms with Gasteiger partial charge in [0.2, 0.25) is 11.8 Å². The van der Waals surface area contributed by atoms with Gasteiger partial charge in [0, 0.05) is 61.7 Å². The van der Waals surface area contributed by atoms with Crippen molar-refractivity contribution < 1.29 is 28.7 Å². The largest absolute Gasteiger partial charge is 0.462 e. The Labute approximate surface area is 204 Å². The van der Waals surface area contributed by atoms with E-state index in [1.54, 1.807) is 13.8 Å². The maximum Gasteiger partial charge on any atom is 0.306 e. The predicted molar refractivity (Wildman–Crippen MR) is 129 cm³/mol. The highest BCUT2D eigenvalue weighted by atomic mass is 16.6. The van der Waals surface area contributed by atoms with E-state index in [2.05, 4.69) is 0 Å². The van der Waals surface area contributed by atoms with Crippen LogP contribution in [-0.2, 0) is 28.7 Å². The third-order valence-corrected chi connectivity index (χ3v) is 7.09. The Bertz CT molecular complexity index is 725. The SMILES string of the molecule is CC(=O)N1C(C)(C)CC(OC(=O)CCC(=O)OC2CC(C)(C)N(C(C)=O)C(C)(C)C2)CC1(C)C. The van der Waals surface area contributed by atoms with Crippen molar-refractivity contribution >= 4 is 23.8 Å². The van der Waals surface area contributed by atoms with Crippen molar-refractivity contribution in [1.82, 2.24) is 9.80 Å². The molecule has 2 saturated heterocycles. The number of esters is 2. The molecule has 0 saturated carbocycles. The summed E-state index contributed by atoms with van der Waals surface area (Å²) in [7, 11) is 0. The second-order valence-electron chi connectivity index (χ2n) is 12.5. The number of nitrogens with zero attached hydrogens (tertiary/aromatic N) is 2. The lowest BCUT2D eigenvalue weighted by Crippen LogP contribution is -2.63. The molecule has 0 radical (unpaired) electrons. The molecule has 2 amide bonds. The summed E-state index contributed by atoms with van der Waals surface area (Å²) in [6, 6.07) is 0. The maximum absolute atomic E-state index is 12.5. The molecule has 2 fully saturated rings.